The molecule has 31 heavy (non-hydrogen) atoms. The van der Waals surface area contributed by atoms with E-state index in [2.05, 4.69) is 20.5 Å². The number of aliphatic hydroxyl groups is 1. The fourth-order valence-corrected chi connectivity index (χ4v) is 3.65. The largest absolute Gasteiger partial charge is 0.390 e. The Bertz CT molecular complexity index is 1400. The highest BCUT2D eigenvalue weighted by molar-refractivity contribution is 5.84. The average Bonchev–Trinajstić information content (AvgIpc) is 3.50. The number of hydrogen-bond acceptors (Lipinski definition) is 7. The van der Waals surface area contributed by atoms with Gasteiger partial charge < -0.3 is 15.0 Å². The summed E-state index contributed by atoms with van der Waals surface area (Å²) in [6.45, 7) is 1.92. The van der Waals surface area contributed by atoms with Crippen LogP contribution < -0.4 is 5.32 Å². The van der Waals surface area contributed by atoms with Gasteiger partial charge in [0.15, 0.2) is 17.5 Å². The van der Waals surface area contributed by atoms with Crippen molar-refractivity contribution in [1.82, 2.24) is 43.7 Å². The first kappa shape index (κ1) is 19.0. The normalized spacial score (nSPS) is 11.5. The summed E-state index contributed by atoms with van der Waals surface area (Å²) < 4.78 is 7.07. The molecule has 0 bridgehead atoms. The Morgan fingerprint density at radius 1 is 1.10 bits per heavy atom. The van der Waals surface area contributed by atoms with Crippen LogP contribution in [-0.2, 0) is 27.7 Å². The molecule has 5 rings (SSSR count). The summed E-state index contributed by atoms with van der Waals surface area (Å²) >= 11 is 0. The molecule has 11 heteroatoms. The van der Waals surface area contributed by atoms with Crippen LogP contribution in [-0.4, -0.2) is 48.8 Å². The van der Waals surface area contributed by atoms with Gasteiger partial charge in [0, 0.05) is 57.6 Å². The van der Waals surface area contributed by atoms with Crippen molar-refractivity contribution in [3.63, 3.8) is 0 Å². The van der Waals surface area contributed by atoms with E-state index < -0.39 is 0 Å². The summed E-state index contributed by atoms with van der Waals surface area (Å²) in [5, 5.41) is 26.5. The van der Waals surface area contributed by atoms with E-state index in [0.717, 1.165) is 22.3 Å². The number of anilines is 2. The Morgan fingerprint density at radius 3 is 2.58 bits per heavy atom. The molecule has 0 fully saturated rings. The van der Waals surface area contributed by atoms with E-state index >= 15 is 0 Å². The lowest BCUT2D eigenvalue weighted by Crippen LogP contribution is -2.06. The van der Waals surface area contributed by atoms with E-state index in [1.165, 1.54) is 0 Å². The second kappa shape index (κ2) is 7.06. The Labute approximate surface area is 177 Å². The van der Waals surface area contributed by atoms with Gasteiger partial charge in [0.1, 0.15) is 5.52 Å². The van der Waals surface area contributed by atoms with E-state index in [1.54, 1.807) is 33.2 Å². The zero-order chi connectivity index (χ0) is 21.7. The number of aliphatic hydroxyl groups excluding tert-OH is 1. The summed E-state index contributed by atoms with van der Waals surface area (Å²) in [5.74, 6) is 2.30. The second-order valence-electron chi connectivity index (χ2n) is 7.41. The van der Waals surface area contributed by atoms with Crippen molar-refractivity contribution in [3.8, 4) is 22.9 Å². The molecule has 0 amide bonds. The van der Waals surface area contributed by atoms with Gasteiger partial charge in [-0.15, -0.1) is 5.10 Å². The van der Waals surface area contributed by atoms with Crippen molar-refractivity contribution in [2.75, 3.05) is 5.32 Å². The average molecular weight is 418 g/mol. The molecule has 0 spiro atoms. The first-order valence-corrected chi connectivity index (χ1v) is 9.73. The van der Waals surface area contributed by atoms with E-state index in [1.807, 2.05) is 50.2 Å². The molecule has 0 radical (unpaired) electrons. The van der Waals surface area contributed by atoms with Gasteiger partial charge in [0.05, 0.1) is 18.0 Å². The third-order valence-electron chi connectivity index (χ3n) is 5.28. The Balaban J connectivity index is 1.72. The van der Waals surface area contributed by atoms with Crippen LogP contribution in [0.25, 0.3) is 28.4 Å². The van der Waals surface area contributed by atoms with Crippen LogP contribution in [0.4, 0.5) is 11.6 Å². The molecule has 5 aromatic heterocycles. The standard InChI is InChI=1S/C20H22N10O/c1-12-14(15-5-7-28(3)24-15)10-30-17(12)18(22-16-9-13(11-31)29(4)25-16)23-19(26-30)20-21-6-8-27(20)2/h5-10,31H,11H2,1-4H3,(H,22,23,25,26). The van der Waals surface area contributed by atoms with Crippen molar-refractivity contribution < 1.29 is 5.11 Å². The molecule has 0 saturated heterocycles. The van der Waals surface area contributed by atoms with Crippen molar-refractivity contribution >= 4 is 17.2 Å². The molecule has 5 heterocycles. The van der Waals surface area contributed by atoms with E-state index in [4.69, 9.17) is 10.1 Å². The molecule has 0 aromatic carbocycles. The van der Waals surface area contributed by atoms with Crippen LogP contribution in [0.3, 0.4) is 0 Å². The number of nitrogens with one attached hydrogen (secondary N) is 1. The monoisotopic (exact) mass is 418 g/mol. The van der Waals surface area contributed by atoms with Crippen molar-refractivity contribution in [3.05, 3.63) is 48.2 Å². The molecular weight excluding hydrogens is 396 g/mol. The van der Waals surface area contributed by atoms with Gasteiger partial charge in [-0.25, -0.2) is 14.5 Å². The first-order chi connectivity index (χ1) is 14.9. The van der Waals surface area contributed by atoms with Gasteiger partial charge in [-0.3, -0.25) is 9.36 Å². The molecule has 0 unspecified atom stereocenters. The Hall–Kier alpha value is -3.99. The number of hydrogen-bond donors (Lipinski definition) is 2. The van der Waals surface area contributed by atoms with Gasteiger partial charge in [-0.2, -0.15) is 10.2 Å². The van der Waals surface area contributed by atoms with Crippen LogP contribution >= 0.6 is 0 Å². The minimum atomic E-state index is -0.100. The lowest BCUT2D eigenvalue weighted by Gasteiger charge is -2.09. The Morgan fingerprint density at radius 2 is 1.94 bits per heavy atom. The maximum atomic E-state index is 9.51. The topological polar surface area (TPSA) is 116 Å². The van der Waals surface area contributed by atoms with Gasteiger partial charge >= 0.3 is 0 Å². The smallest absolute Gasteiger partial charge is 0.218 e. The van der Waals surface area contributed by atoms with Gasteiger partial charge in [0.2, 0.25) is 5.82 Å². The minimum Gasteiger partial charge on any atom is -0.390 e. The molecule has 11 nitrogen and oxygen atoms in total. The third kappa shape index (κ3) is 3.15. The highest BCUT2D eigenvalue weighted by Crippen LogP contribution is 2.32. The molecule has 5 aromatic rings. The quantitative estimate of drug-likeness (QED) is 0.447. The molecule has 0 saturated carbocycles. The van der Waals surface area contributed by atoms with E-state index in [0.29, 0.717) is 29.0 Å². The molecule has 158 valence electrons. The summed E-state index contributed by atoms with van der Waals surface area (Å²) in [4.78, 5) is 9.17. The van der Waals surface area contributed by atoms with E-state index in [9.17, 15) is 5.11 Å². The molecule has 2 N–H and O–H groups in total. The summed E-state index contributed by atoms with van der Waals surface area (Å²) in [6, 6.07) is 3.76. The fourth-order valence-electron chi connectivity index (χ4n) is 3.65. The van der Waals surface area contributed by atoms with Crippen LogP contribution in [0.1, 0.15) is 11.3 Å². The van der Waals surface area contributed by atoms with Crippen molar-refractivity contribution in [2.45, 2.75) is 13.5 Å². The highest BCUT2D eigenvalue weighted by atomic mass is 16.3. The summed E-state index contributed by atoms with van der Waals surface area (Å²) in [5.41, 5.74) is 4.32. The summed E-state index contributed by atoms with van der Waals surface area (Å²) in [7, 11) is 5.57. The number of aryl methyl sites for hydroxylation is 4. The van der Waals surface area contributed by atoms with Crippen molar-refractivity contribution in [2.24, 2.45) is 21.1 Å². The molecule has 0 atom stereocenters. The minimum absolute atomic E-state index is 0.100. The first-order valence-electron chi connectivity index (χ1n) is 9.73. The van der Waals surface area contributed by atoms with Crippen LogP contribution in [0.5, 0.6) is 0 Å². The van der Waals surface area contributed by atoms with Crippen molar-refractivity contribution in [1.29, 1.82) is 0 Å². The molecule has 0 aliphatic heterocycles. The zero-order valence-electron chi connectivity index (χ0n) is 17.6. The Kier molecular flexibility index (Phi) is 4.33. The fraction of sp³-hybridized carbons (Fsp3) is 0.250. The van der Waals surface area contributed by atoms with E-state index in [-0.39, 0.29) is 6.61 Å². The molecular formula is C20H22N10O. The number of aromatic nitrogens is 9. The highest BCUT2D eigenvalue weighted by Gasteiger charge is 2.20. The third-order valence-corrected chi connectivity index (χ3v) is 5.28. The molecule has 0 aliphatic rings. The number of fused-ring (bicyclic) bond motifs is 1. The van der Waals surface area contributed by atoms with Gasteiger partial charge in [0.25, 0.3) is 0 Å². The van der Waals surface area contributed by atoms with Gasteiger partial charge in [-0.1, -0.05) is 0 Å². The lowest BCUT2D eigenvalue weighted by atomic mass is 10.1. The number of imidazole rings is 1. The van der Waals surface area contributed by atoms with Crippen LogP contribution in [0.2, 0.25) is 0 Å². The lowest BCUT2D eigenvalue weighted by molar-refractivity contribution is 0.270. The number of nitrogens with zero attached hydrogens (tertiary/aromatic N) is 9. The predicted octanol–water partition coefficient (Wildman–Crippen LogP) is 1.81. The summed E-state index contributed by atoms with van der Waals surface area (Å²) in [6.07, 6.45) is 7.42. The van der Waals surface area contributed by atoms with Crippen LogP contribution in [0.15, 0.2) is 36.9 Å². The number of rotatable bonds is 5. The van der Waals surface area contributed by atoms with Crippen LogP contribution in [0, 0.1) is 6.92 Å². The second-order valence-corrected chi connectivity index (χ2v) is 7.41. The zero-order valence-corrected chi connectivity index (χ0v) is 17.6. The predicted molar refractivity (Wildman–Crippen MR) is 115 cm³/mol. The maximum absolute atomic E-state index is 9.51. The maximum Gasteiger partial charge on any atom is 0.218 e. The molecule has 0 aliphatic carbocycles. The SMILES string of the molecule is Cc1c(-c2ccn(C)n2)cn2nc(-c3nccn3C)nc(Nc3cc(CO)n(C)n3)c12. The van der Waals surface area contributed by atoms with Gasteiger partial charge in [-0.05, 0) is 18.6 Å².